The van der Waals surface area contributed by atoms with Crippen molar-refractivity contribution in [2.45, 2.75) is 32.4 Å². The molecule has 7 nitrogen and oxygen atoms in total. The first-order chi connectivity index (χ1) is 14.6. The molecule has 0 spiro atoms. The number of ether oxygens (including phenoxy) is 1. The minimum atomic E-state index is -0.927. The van der Waals surface area contributed by atoms with Gasteiger partial charge in [-0.05, 0) is 68.6 Å². The van der Waals surface area contributed by atoms with Gasteiger partial charge in [0.1, 0.15) is 12.4 Å². The number of benzene rings is 1. The van der Waals surface area contributed by atoms with Gasteiger partial charge in [-0.2, -0.15) is 0 Å². The normalized spacial score (nSPS) is 15.3. The van der Waals surface area contributed by atoms with Crippen LogP contribution in [0.25, 0.3) is 11.0 Å². The van der Waals surface area contributed by atoms with Crippen LogP contribution < -0.4 is 0 Å². The zero-order chi connectivity index (χ0) is 20.9. The van der Waals surface area contributed by atoms with E-state index in [0.717, 1.165) is 67.1 Å². The van der Waals surface area contributed by atoms with Crippen LogP contribution in [-0.4, -0.2) is 44.0 Å². The quantitative estimate of drug-likeness (QED) is 0.554. The molecule has 2 N–H and O–H groups in total. The molecule has 1 aromatic carbocycles. The molecule has 30 heavy (non-hydrogen) atoms. The highest BCUT2D eigenvalue weighted by atomic mass is 16.5. The van der Waals surface area contributed by atoms with Gasteiger partial charge in [-0.25, -0.2) is 9.78 Å². The third-order valence-corrected chi connectivity index (χ3v) is 5.57. The average Bonchev–Trinajstić information content (AvgIpc) is 3.15. The van der Waals surface area contributed by atoms with Crippen molar-refractivity contribution in [3.63, 3.8) is 0 Å². The molecule has 0 amide bonds. The molecule has 1 aliphatic rings. The summed E-state index contributed by atoms with van der Waals surface area (Å²) in [4.78, 5) is 26.1. The number of hydrogen-bond donors (Lipinski definition) is 2. The van der Waals surface area contributed by atoms with Gasteiger partial charge in [-0.1, -0.05) is 12.6 Å². The van der Waals surface area contributed by atoms with Crippen molar-refractivity contribution in [1.82, 2.24) is 19.9 Å². The number of carboxylic acids is 1. The molecule has 0 atom stereocenters. The Hall–Kier alpha value is -3.19. The Morgan fingerprint density at radius 1 is 1.23 bits per heavy atom. The number of rotatable bonds is 8. The second kappa shape index (κ2) is 9.09. The van der Waals surface area contributed by atoms with E-state index in [9.17, 15) is 4.79 Å². The van der Waals surface area contributed by atoms with Gasteiger partial charge in [0.2, 0.25) is 0 Å². The van der Waals surface area contributed by atoms with Crippen molar-refractivity contribution in [2.75, 3.05) is 13.1 Å². The zero-order valence-corrected chi connectivity index (χ0v) is 16.9. The number of fused-ring (bicyclic) bond motifs is 1. The summed E-state index contributed by atoms with van der Waals surface area (Å²) >= 11 is 0. The number of nitrogens with one attached hydrogen (secondary N) is 1. The number of nitrogens with zero attached hydrogens (tertiary/aromatic N) is 3. The van der Waals surface area contributed by atoms with Crippen molar-refractivity contribution in [3.05, 3.63) is 72.0 Å². The number of piperidine rings is 1. The molecule has 1 aliphatic heterocycles. The molecule has 7 heteroatoms. The minimum Gasteiger partial charge on any atom is -0.496 e. The summed E-state index contributed by atoms with van der Waals surface area (Å²) in [6.07, 6.45) is 4.67. The molecular formula is C23H26N4O3. The summed E-state index contributed by atoms with van der Waals surface area (Å²) in [5.41, 5.74) is 3.89. The number of pyridine rings is 1. The second-order valence-corrected chi connectivity index (χ2v) is 7.74. The fourth-order valence-electron chi connectivity index (χ4n) is 3.99. The fraction of sp³-hybridized carbons (Fsp3) is 0.348. The molecule has 156 valence electrons. The minimum absolute atomic E-state index is 0.271. The lowest BCUT2D eigenvalue weighted by Gasteiger charge is -2.31. The summed E-state index contributed by atoms with van der Waals surface area (Å²) in [5, 5.41) is 9.14. The molecule has 2 aromatic heterocycles. The predicted octanol–water partition coefficient (Wildman–Crippen LogP) is 3.77. The molecule has 0 aliphatic carbocycles. The molecule has 0 unspecified atom stereocenters. The SMILES string of the molecule is C=COCc1cccc(CC2CCN(Cc3nc4ccc(C(=O)O)cc4[nH]3)CC2)n1. The molecule has 0 bridgehead atoms. The predicted molar refractivity (Wildman–Crippen MR) is 114 cm³/mol. The molecule has 0 radical (unpaired) electrons. The van der Waals surface area contributed by atoms with Crippen LogP contribution in [0.1, 0.15) is 40.4 Å². The Bertz CT molecular complexity index is 1040. The third-order valence-electron chi connectivity index (χ3n) is 5.57. The first-order valence-corrected chi connectivity index (χ1v) is 10.2. The fourth-order valence-corrected chi connectivity index (χ4v) is 3.99. The first kappa shape index (κ1) is 20.1. The van der Waals surface area contributed by atoms with Gasteiger partial charge < -0.3 is 14.8 Å². The molecule has 1 fully saturated rings. The second-order valence-electron chi connectivity index (χ2n) is 7.74. The Morgan fingerprint density at radius 2 is 2.03 bits per heavy atom. The summed E-state index contributed by atoms with van der Waals surface area (Å²) in [6, 6.07) is 11.1. The number of carboxylic acid groups (broad SMARTS) is 1. The van der Waals surface area contributed by atoms with Gasteiger partial charge in [-0.15, -0.1) is 0 Å². The van der Waals surface area contributed by atoms with E-state index < -0.39 is 5.97 Å². The number of likely N-dealkylation sites (tertiary alicyclic amines) is 1. The van der Waals surface area contributed by atoms with Crippen LogP contribution in [0, 0.1) is 5.92 Å². The highest BCUT2D eigenvalue weighted by Gasteiger charge is 2.21. The van der Waals surface area contributed by atoms with Crippen molar-refractivity contribution in [2.24, 2.45) is 5.92 Å². The maximum atomic E-state index is 11.1. The van der Waals surface area contributed by atoms with E-state index in [2.05, 4.69) is 27.5 Å². The van der Waals surface area contributed by atoms with Crippen LogP contribution >= 0.6 is 0 Å². The van der Waals surface area contributed by atoms with E-state index in [-0.39, 0.29) is 5.56 Å². The maximum absolute atomic E-state index is 11.1. The van der Waals surface area contributed by atoms with Crippen LogP contribution in [0.3, 0.4) is 0 Å². The van der Waals surface area contributed by atoms with Gasteiger partial charge in [0.25, 0.3) is 0 Å². The molecule has 3 heterocycles. The van der Waals surface area contributed by atoms with E-state index >= 15 is 0 Å². The summed E-state index contributed by atoms with van der Waals surface area (Å²) in [7, 11) is 0. The lowest BCUT2D eigenvalue weighted by molar-refractivity contribution is 0.0697. The van der Waals surface area contributed by atoms with Crippen LogP contribution in [-0.2, 0) is 24.3 Å². The van der Waals surface area contributed by atoms with E-state index in [0.29, 0.717) is 12.5 Å². The Balaban J connectivity index is 1.31. The lowest BCUT2D eigenvalue weighted by Crippen LogP contribution is -2.34. The van der Waals surface area contributed by atoms with E-state index in [1.807, 2.05) is 12.1 Å². The van der Waals surface area contributed by atoms with E-state index in [1.165, 1.54) is 6.26 Å². The van der Waals surface area contributed by atoms with Crippen molar-refractivity contribution >= 4 is 17.0 Å². The van der Waals surface area contributed by atoms with Crippen LogP contribution in [0.15, 0.2) is 49.2 Å². The molecule has 0 saturated carbocycles. The molecule has 1 saturated heterocycles. The summed E-state index contributed by atoms with van der Waals surface area (Å²) < 4.78 is 5.23. The molecule has 3 aromatic rings. The first-order valence-electron chi connectivity index (χ1n) is 10.2. The van der Waals surface area contributed by atoms with Crippen LogP contribution in [0.5, 0.6) is 0 Å². The number of imidazole rings is 1. The van der Waals surface area contributed by atoms with Crippen molar-refractivity contribution < 1.29 is 14.6 Å². The van der Waals surface area contributed by atoms with Gasteiger partial charge in [-0.3, -0.25) is 9.88 Å². The van der Waals surface area contributed by atoms with Gasteiger partial charge in [0.05, 0.1) is 35.1 Å². The van der Waals surface area contributed by atoms with Crippen LogP contribution in [0.2, 0.25) is 0 Å². The largest absolute Gasteiger partial charge is 0.496 e. The van der Waals surface area contributed by atoms with Gasteiger partial charge in [0, 0.05) is 5.69 Å². The van der Waals surface area contributed by atoms with Crippen molar-refractivity contribution in [1.29, 1.82) is 0 Å². The molecular weight excluding hydrogens is 380 g/mol. The smallest absolute Gasteiger partial charge is 0.335 e. The standard InChI is InChI=1S/C23H26N4O3/c1-2-30-15-19-5-3-4-18(24-19)12-16-8-10-27(11-9-16)14-22-25-20-7-6-17(23(28)29)13-21(20)26-22/h2-7,13,16H,1,8-12,14-15H2,(H,25,26)(H,28,29). The highest BCUT2D eigenvalue weighted by molar-refractivity contribution is 5.92. The van der Waals surface area contributed by atoms with E-state index in [1.54, 1.807) is 18.2 Å². The number of carbonyl (C=O) groups is 1. The highest BCUT2D eigenvalue weighted by Crippen LogP contribution is 2.23. The van der Waals surface area contributed by atoms with Gasteiger partial charge in [0.15, 0.2) is 0 Å². The van der Waals surface area contributed by atoms with E-state index in [4.69, 9.17) is 14.8 Å². The van der Waals surface area contributed by atoms with Crippen molar-refractivity contribution in [3.8, 4) is 0 Å². The monoisotopic (exact) mass is 406 g/mol. The zero-order valence-electron chi connectivity index (χ0n) is 16.9. The summed E-state index contributed by atoms with van der Waals surface area (Å²) in [5.74, 6) is 0.573. The number of aromatic amines is 1. The molecule has 4 rings (SSSR count). The maximum Gasteiger partial charge on any atom is 0.335 e. The average molecular weight is 406 g/mol. The number of aromatic nitrogens is 3. The summed E-state index contributed by atoms with van der Waals surface area (Å²) in [6.45, 7) is 6.80. The Morgan fingerprint density at radius 3 is 2.80 bits per heavy atom. The topological polar surface area (TPSA) is 91.3 Å². The Labute approximate surface area is 175 Å². The van der Waals surface area contributed by atoms with Gasteiger partial charge >= 0.3 is 5.97 Å². The number of hydrogen-bond acceptors (Lipinski definition) is 5. The third kappa shape index (κ3) is 4.86. The van der Waals surface area contributed by atoms with Crippen LogP contribution in [0.4, 0.5) is 0 Å². The number of H-pyrrole nitrogens is 1. The number of aromatic carboxylic acids is 1. The lowest BCUT2D eigenvalue weighted by atomic mass is 9.92. The Kier molecular flexibility index (Phi) is 6.09.